The van der Waals surface area contributed by atoms with Crippen LogP contribution in [0.5, 0.6) is 11.5 Å². The van der Waals surface area contributed by atoms with Crippen molar-refractivity contribution in [2.24, 2.45) is 5.92 Å². The molecule has 21 heavy (non-hydrogen) atoms. The Morgan fingerprint density at radius 3 is 2.71 bits per heavy atom. The van der Waals surface area contributed by atoms with Crippen LogP contribution in [0.1, 0.15) is 25.3 Å². The molecule has 4 rings (SSSR count). The highest BCUT2D eigenvalue weighted by molar-refractivity contribution is 5.64. The Bertz CT molecular complexity index is 529. The average molecular weight is 289 g/mol. The maximum absolute atomic E-state index is 10.5. The molecular formula is C17H23NO3. The summed E-state index contributed by atoms with van der Waals surface area (Å²) >= 11 is 0. The average Bonchev–Trinajstić information content (AvgIpc) is 2.52. The van der Waals surface area contributed by atoms with Crippen LogP contribution < -0.4 is 9.47 Å². The Kier molecular flexibility index (Phi) is 4.06. The van der Waals surface area contributed by atoms with E-state index in [4.69, 9.17) is 9.47 Å². The molecule has 4 nitrogen and oxygen atoms in total. The molecule has 0 saturated carbocycles. The van der Waals surface area contributed by atoms with Crippen molar-refractivity contribution in [2.75, 3.05) is 26.8 Å². The molecule has 3 aliphatic heterocycles. The number of aliphatic hydroxyl groups is 1. The van der Waals surface area contributed by atoms with E-state index < -0.39 is 0 Å². The van der Waals surface area contributed by atoms with Gasteiger partial charge in [0.05, 0.1) is 19.8 Å². The van der Waals surface area contributed by atoms with Gasteiger partial charge >= 0.3 is 0 Å². The fourth-order valence-electron chi connectivity index (χ4n) is 3.37. The number of methoxy groups -OCH3 is 1. The minimum Gasteiger partial charge on any atom is -0.492 e. The maximum atomic E-state index is 10.5. The summed E-state index contributed by atoms with van der Waals surface area (Å²) in [6.45, 7) is 4.65. The van der Waals surface area contributed by atoms with E-state index in [0.717, 1.165) is 48.7 Å². The van der Waals surface area contributed by atoms with Gasteiger partial charge < -0.3 is 19.5 Å². The summed E-state index contributed by atoms with van der Waals surface area (Å²) in [6.07, 6.45) is 3.88. The van der Waals surface area contributed by atoms with E-state index >= 15 is 0 Å². The quantitative estimate of drug-likeness (QED) is 0.925. The van der Waals surface area contributed by atoms with Gasteiger partial charge in [0.15, 0.2) is 11.5 Å². The number of benzene rings is 1. The molecule has 0 radical (unpaired) electrons. The highest BCUT2D eigenvalue weighted by Crippen LogP contribution is 2.38. The second kappa shape index (κ2) is 5.98. The van der Waals surface area contributed by atoms with Gasteiger partial charge in [0, 0.05) is 24.4 Å². The van der Waals surface area contributed by atoms with Crippen LogP contribution in [-0.4, -0.2) is 42.9 Å². The van der Waals surface area contributed by atoms with E-state index in [1.165, 1.54) is 0 Å². The van der Waals surface area contributed by atoms with Crippen LogP contribution in [0, 0.1) is 5.92 Å². The van der Waals surface area contributed by atoms with E-state index in [9.17, 15) is 5.11 Å². The molecule has 0 aliphatic carbocycles. The minimum atomic E-state index is -0.354. The monoisotopic (exact) mass is 289 g/mol. The molecule has 3 heterocycles. The summed E-state index contributed by atoms with van der Waals surface area (Å²) < 4.78 is 11.1. The summed E-state index contributed by atoms with van der Waals surface area (Å²) in [5, 5.41) is 10.5. The highest BCUT2D eigenvalue weighted by atomic mass is 16.5. The highest BCUT2D eigenvalue weighted by Gasteiger charge is 2.36. The first-order chi connectivity index (χ1) is 10.2. The smallest absolute Gasteiger partial charge is 0.167 e. The third kappa shape index (κ3) is 2.60. The number of hydrogen-bond acceptors (Lipinski definition) is 4. The molecule has 3 aliphatic rings. The second-order valence-corrected chi connectivity index (χ2v) is 5.65. The first kappa shape index (κ1) is 14.3. The van der Waals surface area contributed by atoms with Crippen LogP contribution >= 0.6 is 0 Å². The Hall–Kier alpha value is -1.68. The molecule has 0 spiro atoms. The number of para-hydroxylation sites is 1. The second-order valence-electron chi connectivity index (χ2n) is 5.65. The van der Waals surface area contributed by atoms with Gasteiger partial charge in [-0.25, -0.2) is 0 Å². The number of piperidine rings is 3. The number of aliphatic hydroxyl groups excluding tert-OH is 1. The molecule has 1 atom stereocenters. The van der Waals surface area contributed by atoms with Crippen LogP contribution in [0.2, 0.25) is 0 Å². The molecular weight excluding hydrogens is 266 g/mol. The van der Waals surface area contributed by atoms with Crippen molar-refractivity contribution in [1.82, 2.24) is 4.90 Å². The first-order valence-corrected chi connectivity index (χ1v) is 7.69. The summed E-state index contributed by atoms with van der Waals surface area (Å²) in [4.78, 5) is 2.29. The Balaban J connectivity index is 1.97. The molecule has 1 N–H and O–H groups in total. The van der Waals surface area contributed by atoms with Crippen molar-refractivity contribution in [3.8, 4) is 11.5 Å². The summed E-state index contributed by atoms with van der Waals surface area (Å²) in [5.74, 6) is 1.89. The lowest BCUT2D eigenvalue weighted by molar-refractivity contribution is 0.0215. The predicted molar refractivity (Wildman–Crippen MR) is 82.4 cm³/mol. The van der Waals surface area contributed by atoms with E-state index in [1.807, 2.05) is 25.1 Å². The topological polar surface area (TPSA) is 41.9 Å². The summed E-state index contributed by atoms with van der Waals surface area (Å²) in [7, 11) is 1.66. The van der Waals surface area contributed by atoms with Gasteiger partial charge in [-0.1, -0.05) is 12.1 Å². The van der Waals surface area contributed by atoms with Crippen molar-refractivity contribution in [3.63, 3.8) is 0 Å². The van der Waals surface area contributed by atoms with E-state index in [-0.39, 0.29) is 6.10 Å². The SMILES string of the molecule is CCOc1cccc(/C=C2/[C@@H](O)C3CCN2CC3)c1OC. The van der Waals surface area contributed by atoms with Crippen LogP contribution in [0.15, 0.2) is 23.9 Å². The van der Waals surface area contributed by atoms with Gasteiger partial charge in [-0.3, -0.25) is 0 Å². The van der Waals surface area contributed by atoms with Crippen LogP contribution in [-0.2, 0) is 0 Å². The summed E-state index contributed by atoms with van der Waals surface area (Å²) in [6, 6.07) is 5.88. The standard InChI is InChI=1S/C17H23NO3/c1-3-21-15-6-4-5-13(17(15)20-2)11-14-16(19)12-7-9-18(14)10-8-12/h4-6,11-12,16,19H,3,7-10H2,1-2H3/b14-11-/t16-/m0/s1. The van der Waals surface area contributed by atoms with E-state index in [1.54, 1.807) is 7.11 Å². The Labute approximate surface area is 126 Å². The minimum absolute atomic E-state index is 0.354. The van der Waals surface area contributed by atoms with Gasteiger partial charge in [0.25, 0.3) is 0 Å². The third-order valence-corrected chi connectivity index (χ3v) is 4.47. The maximum Gasteiger partial charge on any atom is 0.167 e. The number of fused-ring (bicyclic) bond motifs is 3. The van der Waals surface area contributed by atoms with E-state index in [0.29, 0.717) is 12.5 Å². The number of hydrogen-bond donors (Lipinski definition) is 1. The fraction of sp³-hybridized carbons (Fsp3) is 0.529. The first-order valence-electron chi connectivity index (χ1n) is 7.69. The normalized spacial score (nSPS) is 26.2. The van der Waals surface area contributed by atoms with Gasteiger partial charge in [-0.15, -0.1) is 0 Å². The lowest BCUT2D eigenvalue weighted by atomic mass is 9.83. The van der Waals surface area contributed by atoms with Crippen molar-refractivity contribution < 1.29 is 14.6 Å². The molecule has 114 valence electrons. The molecule has 1 aromatic rings. The van der Waals surface area contributed by atoms with Crippen molar-refractivity contribution >= 4 is 6.08 Å². The molecule has 2 bridgehead atoms. The molecule has 0 amide bonds. The van der Waals surface area contributed by atoms with Crippen molar-refractivity contribution in [3.05, 3.63) is 29.5 Å². The zero-order chi connectivity index (χ0) is 14.8. The van der Waals surface area contributed by atoms with Gasteiger partial charge in [-0.2, -0.15) is 0 Å². The number of ether oxygens (including phenoxy) is 2. The van der Waals surface area contributed by atoms with Crippen molar-refractivity contribution in [2.45, 2.75) is 25.9 Å². The third-order valence-electron chi connectivity index (χ3n) is 4.47. The fourth-order valence-corrected chi connectivity index (χ4v) is 3.37. The Morgan fingerprint density at radius 2 is 2.10 bits per heavy atom. The molecule has 4 heteroatoms. The summed E-state index contributed by atoms with van der Waals surface area (Å²) in [5.41, 5.74) is 1.98. The zero-order valence-electron chi connectivity index (χ0n) is 12.7. The van der Waals surface area contributed by atoms with Gasteiger partial charge in [-0.05, 0) is 37.8 Å². The van der Waals surface area contributed by atoms with Gasteiger partial charge in [0.2, 0.25) is 0 Å². The van der Waals surface area contributed by atoms with Crippen LogP contribution in [0.3, 0.4) is 0 Å². The molecule has 0 aromatic heterocycles. The number of nitrogens with zero attached hydrogens (tertiary/aromatic N) is 1. The van der Waals surface area contributed by atoms with E-state index in [2.05, 4.69) is 11.0 Å². The molecule has 3 fully saturated rings. The predicted octanol–water partition coefficient (Wildman–Crippen LogP) is 2.52. The van der Waals surface area contributed by atoms with Gasteiger partial charge in [0.1, 0.15) is 0 Å². The largest absolute Gasteiger partial charge is 0.492 e. The van der Waals surface area contributed by atoms with Crippen LogP contribution in [0.25, 0.3) is 6.08 Å². The lowest BCUT2D eigenvalue weighted by Crippen LogP contribution is -2.48. The number of rotatable bonds is 4. The van der Waals surface area contributed by atoms with Crippen molar-refractivity contribution in [1.29, 1.82) is 0 Å². The molecule has 0 unspecified atom stereocenters. The molecule has 3 saturated heterocycles. The van der Waals surface area contributed by atoms with Crippen LogP contribution in [0.4, 0.5) is 0 Å². The zero-order valence-corrected chi connectivity index (χ0v) is 12.7. The molecule has 1 aromatic carbocycles. The Morgan fingerprint density at radius 1 is 1.33 bits per heavy atom. The lowest BCUT2D eigenvalue weighted by Gasteiger charge is -2.46.